The predicted octanol–water partition coefficient (Wildman–Crippen LogP) is 1.25. The van der Waals surface area contributed by atoms with Gasteiger partial charge in [-0.25, -0.2) is 0 Å². The second-order valence-corrected chi connectivity index (χ2v) is 4.18. The Kier molecular flexibility index (Phi) is 3.85. The molecule has 0 saturated heterocycles. The monoisotopic (exact) mass is 183 g/mol. The van der Waals surface area contributed by atoms with Gasteiger partial charge in [0.25, 0.3) is 0 Å². The topological polar surface area (TPSA) is 37.4 Å². The van der Waals surface area contributed by atoms with Gasteiger partial charge in [-0.05, 0) is 6.08 Å². The predicted molar refractivity (Wildman–Crippen MR) is 52.3 cm³/mol. The first-order valence-electron chi connectivity index (χ1n) is 4.19. The summed E-state index contributed by atoms with van der Waals surface area (Å²) in [4.78, 5) is 23.8. The maximum atomic E-state index is 11.3. The quantitative estimate of drug-likeness (QED) is 0.604. The lowest BCUT2D eigenvalue weighted by Crippen LogP contribution is -2.21. The van der Waals surface area contributed by atoms with E-state index < -0.39 is 5.41 Å². The summed E-state index contributed by atoms with van der Waals surface area (Å²) in [7, 11) is 3.29. The molecule has 0 saturated carbocycles. The molecule has 0 spiro atoms. The Balaban J connectivity index is 4.30. The van der Waals surface area contributed by atoms with Gasteiger partial charge in [0.1, 0.15) is 0 Å². The van der Waals surface area contributed by atoms with Crippen LogP contribution < -0.4 is 0 Å². The van der Waals surface area contributed by atoms with Crippen LogP contribution in [0.5, 0.6) is 0 Å². The number of hydrogen-bond donors (Lipinski definition) is 0. The van der Waals surface area contributed by atoms with Crippen LogP contribution in [0, 0.1) is 5.41 Å². The average molecular weight is 183 g/mol. The van der Waals surface area contributed by atoms with Gasteiger partial charge in [0, 0.05) is 25.6 Å². The Morgan fingerprint density at radius 1 is 1.08 bits per heavy atom. The lowest BCUT2D eigenvalue weighted by Gasteiger charge is -2.13. The van der Waals surface area contributed by atoms with Gasteiger partial charge in [-0.3, -0.25) is 9.59 Å². The summed E-state index contributed by atoms with van der Waals surface area (Å²) >= 11 is 0. The molecule has 0 aliphatic carbocycles. The van der Waals surface area contributed by atoms with E-state index in [2.05, 4.69) is 0 Å². The van der Waals surface area contributed by atoms with Gasteiger partial charge < -0.3 is 4.90 Å². The highest BCUT2D eigenvalue weighted by molar-refractivity contribution is 5.99. The lowest BCUT2D eigenvalue weighted by atomic mass is 9.91. The van der Waals surface area contributed by atoms with Gasteiger partial charge in [-0.15, -0.1) is 0 Å². The van der Waals surface area contributed by atoms with Crippen LogP contribution in [0.3, 0.4) is 0 Å². The fourth-order valence-corrected chi connectivity index (χ4v) is 0.546. The van der Waals surface area contributed by atoms with Crippen molar-refractivity contribution in [2.24, 2.45) is 5.41 Å². The second kappa shape index (κ2) is 4.21. The van der Waals surface area contributed by atoms with E-state index in [9.17, 15) is 9.59 Å². The Bertz CT molecular complexity index is 234. The van der Waals surface area contributed by atoms with E-state index in [0.717, 1.165) is 0 Å². The van der Waals surface area contributed by atoms with E-state index in [1.165, 1.54) is 17.1 Å². The van der Waals surface area contributed by atoms with Crippen LogP contribution in [-0.2, 0) is 9.59 Å². The van der Waals surface area contributed by atoms with Crippen molar-refractivity contribution in [2.75, 3.05) is 14.1 Å². The summed E-state index contributed by atoms with van der Waals surface area (Å²) < 4.78 is 0. The number of carbonyl (C=O) groups is 2. The summed E-state index contributed by atoms with van der Waals surface area (Å²) in [6, 6.07) is 0. The van der Waals surface area contributed by atoms with Crippen molar-refractivity contribution in [2.45, 2.75) is 20.8 Å². The average Bonchev–Trinajstić information content (AvgIpc) is 1.97. The van der Waals surface area contributed by atoms with Crippen LogP contribution in [0.4, 0.5) is 0 Å². The molecule has 0 bridgehead atoms. The van der Waals surface area contributed by atoms with Crippen molar-refractivity contribution in [3.63, 3.8) is 0 Å². The van der Waals surface area contributed by atoms with E-state index in [4.69, 9.17) is 0 Å². The summed E-state index contributed by atoms with van der Waals surface area (Å²) in [6.07, 6.45) is 2.63. The first-order chi connectivity index (χ1) is 5.75. The molecule has 0 atom stereocenters. The Labute approximate surface area is 79.4 Å². The van der Waals surface area contributed by atoms with Crippen molar-refractivity contribution < 1.29 is 9.59 Å². The third kappa shape index (κ3) is 4.45. The molecule has 0 fully saturated rings. The standard InChI is InChI=1S/C10H17NO2/c1-10(2,3)8(12)6-7-9(13)11(4)5/h6-7H,1-5H3/b7-6+. The molecule has 0 radical (unpaired) electrons. The van der Waals surface area contributed by atoms with Crippen LogP contribution >= 0.6 is 0 Å². The van der Waals surface area contributed by atoms with E-state index in [1.807, 2.05) is 20.8 Å². The summed E-state index contributed by atoms with van der Waals surface area (Å²) in [5.74, 6) is -0.208. The maximum Gasteiger partial charge on any atom is 0.246 e. The van der Waals surface area contributed by atoms with Crippen molar-refractivity contribution in [3.8, 4) is 0 Å². The molecule has 0 unspecified atom stereocenters. The zero-order valence-electron chi connectivity index (χ0n) is 8.92. The summed E-state index contributed by atoms with van der Waals surface area (Å²) in [5, 5.41) is 0. The largest absolute Gasteiger partial charge is 0.345 e. The van der Waals surface area contributed by atoms with Crippen LogP contribution in [0.25, 0.3) is 0 Å². The zero-order valence-corrected chi connectivity index (χ0v) is 8.92. The summed E-state index contributed by atoms with van der Waals surface area (Å²) in [5.41, 5.74) is -0.414. The molecular formula is C10H17NO2. The number of ketones is 1. The molecule has 3 nitrogen and oxygen atoms in total. The number of rotatable bonds is 2. The van der Waals surface area contributed by atoms with Gasteiger partial charge in [-0.2, -0.15) is 0 Å². The van der Waals surface area contributed by atoms with E-state index >= 15 is 0 Å². The lowest BCUT2D eigenvalue weighted by molar-refractivity contribution is -0.125. The van der Waals surface area contributed by atoms with Crippen molar-refractivity contribution in [3.05, 3.63) is 12.2 Å². The fourth-order valence-electron chi connectivity index (χ4n) is 0.546. The highest BCUT2D eigenvalue weighted by Gasteiger charge is 2.18. The molecule has 0 aromatic rings. The molecule has 3 heteroatoms. The van der Waals surface area contributed by atoms with Crippen LogP contribution in [0.1, 0.15) is 20.8 Å². The van der Waals surface area contributed by atoms with Crippen molar-refractivity contribution >= 4 is 11.7 Å². The minimum Gasteiger partial charge on any atom is -0.345 e. The molecular weight excluding hydrogens is 166 g/mol. The number of nitrogens with zero attached hydrogens (tertiary/aromatic N) is 1. The Morgan fingerprint density at radius 3 is 1.85 bits per heavy atom. The first-order valence-corrected chi connectivity index (χ1v) is 4.19. The molecule has 0 aliphatic rings. The van der Waals surface area contributed by atoms with E-state index in [-0.39, 0.29) is 11.7 Å². The van der Waals surface area contributed by atoms with Crippen molar-refractivity contribution in [1.29, 1.82) is 0 Å². The van der Waals surface area contributed by atoms with E-state index in [0.29, 0.717) is 0 Å². The highest BCUT2D eigenvalue weighted by atomic mass is 16.2. The number of carbonyl (C=O) groups excluding carboxylic acids is 2. The summed E-state index contributed by atoms with van der Waals surface area (Å²) in [6.45, 7) is 5.46. The first kappa shape index (κ1) is 11.9. The van der Waals surface area contributed by atoms with Gasteiger partial charge in [0.05, 0.1) is 0 Å². The van der Waals surface area contributed by atoms with Crippen molar-refractivity contribution in [1.82, 2.24) is 4.90 Å². The SMILES string of the molecule is CN(C)C(=O)/C=C/C(=O)C(C)(C)C. The third-order valence-corrected chi connectivity index (χ3v) is 1.56. The molecule has 1 amide bonds. The molecule has 0 rings (SSSR count). The van der Waals surface area contributed by atoms with Gasteiger partial charge in [-0.1, -0.05) is 20.8 Å². The number of amides is 1. The van der Waals surface area contributed by atoms with Gasteiger partial charge in [0.15, 0.2) is 5.78 Å². The Hall–Kier alpha value is -1.12. The molecule has 0 aromatic carbocycles. The minimum atomic E-state index is -0.414. The van der Waals surface area contributed by atoms with Gasteiger partial charge in [0.2, 0.25) is 5.91 Å². The Morgan fingerprint density at radius 2 is 1.54 bits per heavy atom. The van der Waals surface area contributed by atoms with Crippen LogP contribution in [-0.4, -0.2) is 30.7 Å². The van der Waals surface area contributed by atoms with Gasteiger partial charge >= 0.3 is 0 Å². The molecule has 74 valence electrons. The molecule has 0 aromatic heterocycles. The molecule has 0 aliphatic heterocycles. The number of hydrogen-bond acceptors (Lipinski definition) is 2. The highest BCUT2D eigenvalue weighted by Crippen LogP contribution is 2.14. The maximum absolute atomic E-state index is 11.3. The normalized spacial score (nSPS) is 11.8. The zero-order chi connectivity index (χ0) is 10.6. The molecule has 13 heavy (non-hydrogen) atoms. The van der Waals surface area contributed by atoms with Crippen LogP contribution in [0.2, 0.25) is 0 Å². The van der Waals surface area contributed by atoms with E-state index in [1.54, 1.807) is 14.1 Å². The molecule has 0 heterocycles. The minimum absolute atomic E-state index is 0.0392. The smallest absolute Gasteiger partial charge is 0.246 e. The number of likely N-dealkylation sites (N-methyl/N-ethyl adjacent to an activating group) is 1. The third-order valence-electron chi connectivity index (χ3n) is 1.56. The second-order valence-electron chi connectivity index (χ2n) is 4.18. The fraction of sp³-hybridized carbons (Fsp3) is 0.600. The molecule has 0 N–H and O–H groups in total. The number of allylic oxidation sites excluding steroid dienone is 1. The van der Waals surface area contributed by atoms with Crippen LogP contribution in [0.15, 0.2) is 12.2 Å².